The van der Waals surface area contributed by atoms with Gasteiger partial charge in [-0.3, -0.25) is 9.69 Å². The average Bonchev–Trinajstić information content (AvgIpc) is 2.87. The van der Waals surface area contributed by atoms with Crippen molar-refractivity contribution in [1.29, 1.82) is 0 Å². The van der Waals surface area contributed by atoms with Gasteiger partial charge in [0.15, 0.2) is 0 Å². The van der Waals surface area contributed by atoms with Crippen LogP contribution < -0.4 is 0 Å². The second-order valence-electron chi connectivity index (χ2n) is 6.52. The van der Waals surface area contributed by atoms with E-state index in [2.05, 4.69) is 6.92 Å². The first-order chi connectivity index (χ1) is 10.5. The van der Waals surface area contributed by atoms with Crippen LogP contribution in [0.3, 0.4) is 0 Å². The van der Waals surface area contributed by atoms with Crippen molar-refractivity contribution >= 4 is 5.97 Å². The molecular weight excluding hydrogens is 286 g/mol. The molecule has 0 radical (unpaired) electrons. The smallest absolute Gasteiger partial charge is 0.306 e. The number of hydrogen-bond acceptors (Lipinski definition) is 6. The van der Waals surface area contributed by atoms with Crippen LogP contribution >= 0.6 is 0 Å². The van der Waals surface area contributed by atoms with E-state index in [0.29, 0.717) is 25.9 Å². The van der Waals surface area contributed by atoms with Gasteiger partial charge in [0.25, 0.3) is 0 Å². The second kappa shape index (κ2) is 8.24. The predicted molar refractivity (Wildman–Crippen MR) is 81.3 cm³/mol. The first-order valence-corrected chi connectivity index (χ1v) is 8.52. The van der Waals surface area contributed by atoms with E-state index in [1.807, 2.05) is 4.90 Å². The molecule has 6 heteroatoms. The highest BCUT2D eigenvalue weighted by atomic mass is 16.5. The number of carbonyl (C=O) groups excluding carboxylic acids is 1. The van der Waals surface area contributed by atoms with Gasteiger partial charge >= 0.3 is 5.97 Å². The van der Waals surface area contributed by atoms with Crippen LogP contribution in [0, 0.1) is 0 Å². The molecule has 3 N–H and O–H groups in total. The summed E-state index contributed by atoms with van der Waals surface area (Å²) in [7, 11) is 0. The van der Waals surface area contributed by atoms with Gasteiger partial charge in [-0.2, -0.15) is 0 Å². The fourth-order valence-corrected chi connectivity index (χ4v) is 3.50. The van der Waals surface area contributed by atoms with E-state index in [0.717, 1.165) is 19.3 Å². The Hall–Kier alpha value is -0.690. The molecule has 2 aliphatic rings. The van der Waals surface area contributed by atoms with Crippen molar-refractivity contribution in [2.45, 2.75) is 82.3 Å². The van der Waals surface area contributed by atoms with E-state index in [4.69, 9.17) is 4.74 Å². The van der Waals surface area contributed by atoms with Crippen LogP contribution in [0.15, 0.2) is 0 Å². The minimum atomic E-state index is -1.17. The van der Waals surface area contributed by atoms with Gasteiger partial charge in [0.05, 0.1) is 12.1 Å². The van der Waals surface area contributed by atoms with Crippen LogP contribution in [0.1, 0.15) is 51.9 Å². The number of esters is 1. The summed E-state index contributed by atoms with van der Waals surface area (Å²) in [6.07, 6.45) is 2.86. The molecule has 2 aliphatic heterocycles. The molecule has 2 rings (SSSR count). The van der Waals surface area contributed by atoms with Crippen molar-refractivity contribution in [3.05, 3.63) is 0 Å². The fraction of sp³-hybridized carbons (Fsp3) is 0.938. The zero-order valence-electron chi connectivity index (χ0n) is 13.4. The Kier molecular flexibility index (Phi) is 6.62. The van der Waals surface area contributed by atoms with Gasteiger partial charge in [0, 0.05) is 19.5 Å². The maximum atomic E-state index is 11.9. The molecule has 6 nitrogen and oxygen atoms in total. The molecule has 0 aliphatic carbocycles. The molecule has 0 aromatic carbocycles. The maximum Gasteiger partial charge on any atom is 0.306 e. The first kappa shape index (κ1) is 17.7. The normalized spacial score (nSPS) is 35.4. The van der Waals surface area contributed by atoms with E-state index < -0.39 is 24.4 Å². The standard InChI is InChI=1S/C16H29NO5/c1-2-3-4-5-6-7-13(19)22-12-8-9-17-10-11(18)15(20)16(21)14(12)17/h11-12,14-16,18,20-21H,2-10H2,1H3/t11-,12-,14+,15+,16+/m0/s1. The molecule has 2 fully saturated rings. The number of fused-ring (bicyclic) bond motifs is 1. The van der Waals surface area contributed by atoms with Crippen molar-refractivity contribution < 1.29 is 24.9 Å². The van der Waals surface area contributed by atoms with Crippen molar-refractivity contribution in [2.24, 2.45) is 0 Å². The van der Waals surface area contributed by atoms with Crippen LogP contribution in [-0.4, -0.2) is 69.7 Å². The summed E-state index contributed by atoms with van der Waals surface area (Å²) in [5.41, 5.74) is 0. The van der Waals surface area contributed by atoms with E-state index in [1.165, 1.54) is 12.8 Å². The average molecular weight is 315 g/mol. The largest absolute Gasteiger partial charge is 0.461 e. The van der Waals surface area contributed by atoms with Crippen molar-refractivity contribution in [1.82, 2.24) is 4.90 Å². The third-order valence-corrected chi connectivity index (χ3v) is 4.79. The van der Waals surface area contributed by atoms with Gasteiger partial charge < -0.3 is 20.1 Å². The fourth-order valence-electron chi connectivity index (χ4n) is 3.50. The molecule has 0 bridgehead atoms. The number of hydrogen-bond donors (Lipinski definition) is 3. The molecule has 0 aromatic heterocycles. The summed E-state index contributed by atoms with van der Waals surface area (Å²) in [5.74, 6) is -0.226. The SMILES string of the molecule is CCCCCCCC(=O)O[C@H]1CCN2C[C@H](O)[C@@H](O)[C@H](O)[C@@H]12. The molecular formula is C16H29NO5. The quantitative estimate of drug-likeness (QED) is 0.466. The van der Waals surface area contributed by atoms with E-state index in [-0.39, 0.29) is 12.1 Å². The maximum absolute atomic E-state index is 11.9. The summed E-state index contributed by atoms with van der Waals surface area (Å²) in [6, 6.07) is -0.401. The van der Waals surface area contributed by atoms with Gasteiger partial charge in [0.1, 0.15) is 18.3 Å². The molecule has 2 saturated heterocycles. The number of ether oxygens (including phenoxy) is 1. The van der Waals surface area contributed by atoms with E-state index in [9.17, 15) is 20.1 Å². The molecule has 5 atom stereocenters. The lowest BCUT2D eigenvalue weighted by Crippen LogP contribution is -2.61. The third-order valence-electron chi connectivity index (χ3n) is 4.79. The highest BCUT2D eigenvalue weighted by molar-refractivity contribution is 5.69. The lowest BCUT2D eigenvalue weighted by atomic mass is 9.93. The number of carbonyl (C=O) groups is 1. The van der Waals surface area contributed by atoms with Gasteiger partial charge in [-0.25, -0.2) is 0 Å². The Morgan fingerprint density at radius 2 is 1.86 bits per heavy atom. The molecule has 0 unspecified atom stereocenters. The predicted octanol–water partition coefficient (Wildman–Crippen LogP) is 0.429. The van der Waals surface area contributed by atoms with Crippen LogP contribution in [0.4, 0.5) is 0 Å². The summed E-state index contributed by atoms with van der Waals surface area (Å²) in [5, 5.41) is 29.6. The lowest BCUT2D eigenvalue weighted by Gasteiger charge is -2.41. The second-order valence-corrected chi connectivity index (χ2v) is 6.52. The molecule has 128 valence electrons. The van der Waals surface area contributed by atoms with Crippen LogP contribution in [0.5, 0.6) is 0 Å². The molecule has 0 amide bonds. The van der Waals surface area contributed by atoms with Crippen LogP contribution in [0.2, 0.25) is 0 Å². The van der Waals surface area contributed by atoms with Gasteiger partial charge in [0.2, 0.25) is 0 Å². The minimum absolute atomic E-state index is 0.226. The highest BCUT2D eigenvalue weighted by Gasteiger charge is 2.49. The Bertz CT molecular complexity index is 364. The number of unbranched alkanes of at least 4 members (excludes halogenated alkanes) is 4. The summed E-state index contributed by atoms with van der Waals surface area (Å²) in [4.78, 5) is 13.8. The topological polar surface area (TPSA) is 90.2 Å². The van der Waals surface area contributed by atoms with Gasteiger partial charge in [-0.15, -0.1) is 0 Å². The minimum Gasteiger partial charge on any atom is -0.461 e. The lowest BCUT2D eigenvalue weighted by molar-refractivity contribution is -0.165. The van der Waals surface area contributed by atoms with E-state index >= 15 is 0 Å². The molecule has 2 heterocycles. The Balaban J connectivity index is 1.77. The first-order valence-electron chi connectivity index (χ1n) is 8.52. The number of aliphatic hydroxyl groups is 3. The van der Waals surface area contributed by atoms with Crippen LogP contribution in [0.25, 0.3) is 0 Å². The monoisotopic (exact) mass is 315 g/mol. The Morgan fingerprint density at radius 3 is 2.59 bits per heavy atom. The molecule has 0 aromatic rings. The number of piperidine rings is 1. The Morgan fingerprint density at radius 1 is 1.14 bits per heavy atom. The number of rotatable bonds is 7. The highest BCUT2D eigenvalue weighted by Crippen LogP contribution is 2.30. The van der Waals surface area contributed by atoms with Gasteiger partial charge in [-0.05, 0) is 12.8 Å². The zero-order valence-corrected chi connectivity index (χ0v) is 13.4. The van der Waals surface area contributed by atoms with Gasteiger partial charge in [-0.1, -0.05) is 32.6 Å². The summed E-state index contributed by atoms with van der Waals surface area (Å²) in [6.45, 7) is 3.13. The number of nitrogens with zero attached hydrogens (tertiary/aromatic N) is 1. The van der Waals surface area contributed by atoms with Crippen molar-refractivity contribution in [3.8, 4) is 0 Å². The summed E-state index contributed by atoms with van der Waals surface area (Å²) < 4.78 is 5.51. The van der Waals surface area contributed by atoms with Crippen molar-refractivity contribution in [2.75, 3.05) is 13.1 Å². The third kappa shape index (κ3) is 4.19. The number of aliphatic hydroxyl groups excluding tert-OH is 3. The van der Waals surface area contributed by atoms with Crippen LogP contribution in [-0.2, 0) is 9.53 Å². The van der Waals surface area contributed by atoms with Crippen molar-refractivity contribution in [3.63, 3.8) is 0 Å². The molecule has 0 saturated carbocycles. The zero-order chi connectivity index (χ0) is 16.1. The Labute approximate surface area is 132 Å². The molecule has 0 spiro atoms. The molecule has 22 heavy (non-hydrogen) atoms. The van der Waals surface area contributed by atoms with E-state index in [1.54, 1.807) is 0 Å². The summed E-state index contributed by atoms with van der Waals surface area (Å²) >= 11 is 0.